The maximum atomic E-state index is 14.4. The second kappa shape index (κ2) is 30.4. The molecule has 11 atom stereocenters. The van der Waals surface area contributed by atoms with Gasteiger partial charge in [0, 0.05) is 69.8 Å². The summed E-state index contributed by atoms with van der Waals surface area (Å²) in [6.07, 6.45) is 0.278. The Morgan fingerprint density at radius 3 is 2.22 bits per heavy atom. The molecule has 26 nitrogen and oxygen atoms in total. The third-order valence-electron chi connectivity index (χ3n) is 16.5. The molecule has 2 fully saturated rings. The van der Waals surface area contributed by atoms with E-state index in [9.17, 15) is 58.2 Å². The van der Waals surface area contributed by atoms with Crippen molar-refractivity contribution in [1.82, 2.24) is 31.1 Å². The number of nitrogens with one attached hydrogen (secondary N) is 5. The van der Waals surface area contributed by atoms with E-state index in [4.69, 9.17) is 41.0 Å². The number of methoxy groups -OCH3 is 2. The quantitative estimate of drug-likeness (QED) is 0.0201. The predicted octanol–water partition coefficient (Wildman–Crippen LogP) is 4.49. The van der Waals surface area contributed by atoms with Crippen LogP contribution in [-0.2, 0) is 65.5 Å². The zero-order chi connectivity index (χ0) is 64.9. The molecule has 10 amide bonds. The molecule has 27 heteroatoms. The normalized spacial score (nSPS) is 25.6. The maximum absolute atomic E-state index is 14.4. The fourth-order valence-electron chi connectivity index (χ4n) is 11.0. The third-order valence-corrected chi connectivity index (χ3v) is 16.9. The molecule has 2 saturated heterocycles. The second-order valence-electron chi connectivity index (χ2n) is 23.7. The van der Waals surface area contributed by atoms with Crippen LogP contribution in [0.3, 0.4) is 0 Å². The molecule has 6 rings (SSSR count). The lowest BCUT2D eigenvalue weighted by Gasteiger charge is -2.43. The summed E-state index contributed by atoms with van der Waals surface area (Å²) in [5, 5.41) is 37.4. The molecule has 4 bridgehead atoms. The van der Waals surface area contributed by atoms with Crippen molar-refractivity contribution in [3.63, 3.8) is 0 Å². The van der Waals surface area contributed by atoms with Crippen LogP contribution in [0.25, 0.3) is 0 Å². The molecule has 8 unspecified atom stereocenters. The van der Waals surface area contributed by atoms with E-state index in [1.807, 2.05) is 0 Å². The lowest BCUT2D eigenvalue weighted by Crippen LogP contribution is -2.64. The van der Waals surface area contributed by atoms with E-state index in [2.05, 4.69) is 26.6 Å². The van der Waals surface area contributed by atoms with Crippen molar-refractivity contribution in [2.24, 2.45) is 29.4 Å². The van der Waals surface area contributed by atoms with Gasteiger partial charge in [0.2, 0.25) is 23.6 Å². The number of alkyl carbamates (subject to hydrolysis) is 1. The number of nitrogens with zero attached hydrogens (tertiary/aromatic N) is 3. The first-order chi connectivity index (χ1) is 41.5. The first-order valence-corrected chi connectivity index (χ1v) is 29.9. The average molecular weight is 1250 g/mol. The number of hydrogen-bond acceptors (Lipinski definition) is 17. The highest BCUT2D eigenvalue weighted by molar-refractivity contribution is 6.35. The molecule has 9 N–H and O–H groups in total. The number of aliphatic hydroxyl groups is 2. The van der Waals surface area contributed by atoms with Gasteiger partial charge < -0.3 is 65.8 Å². The molecule has 2 aromatic rings. The van der Waals surface area contributed by atoms with Crippen LogP contribution in [0.5, 0.6) is 5.75 Å². The summed E-state index contributed by atoms with van der Waals surface area (Å²) >= 11 is 6.90. The van der Waals surface area contributed by atoms with Crippen molar-refractivity contribution in [1.29, 1.82) is 0 Å². The van der Waals surface area contributed by atoms with E-state index in [1.165, 1.54) is 49.3 Å². The second-order valence-corrected chi connectivity index (χ2v) is 24.1. The van der Waals surface area contributed by atoms with Gasteiger partial charge >= 0.3 is 24.2 Å². The van der Waals surface area contributed by atoms with Crippen LogP contribution in [0.4, 0.5) is 25.8 Å². The number of halogens is 1. The molecule has 4 aliphatic rings. The number of aliphatic hydroxyl groups excluding tert-OH is 1. The number of benzene rings is 2. The van der Waals surface area contributed by atoms with Crippen molar-refractivity contribution < 1.29 is 81.8 Å². The Labute approximate surface area is 516 Å². The molecule has 0 spiro atoms. The maximum Gasteiger partial charge on any atom is 0.411 e. The van der Waals surface area contributed by atoms with E-state index in [0.717, 1.165) is 4.90 Å². The standard InChI is InChI=1S/C61H84ClN9O17/c1-33(2)52(67-47(72)16-12-11-13-26-70-48(73)23-24-49(70)74)55(78)66-40(15-14-25-64-57(63)80)54(77)65-39-19-17-37(18-20-39)32-86-59(82)71-45-21-22-46(85-10)61(83)31-44(88-58(81)68-61)36(6)53(76)35(5)42(87-56(79)34(3)4)29-50(75)69(8)41-27-38(30-60(45,71)7)28-43(84-9)51(41)62/h17-24,27-28,33-36,40,42,44-46,52-53,76,83H,11-16,25-26,29-32H2,1-10H3,(H,65,77)(H,66,78)(H,67,72)(H,68,81)(H3,63,64,80)/b22-21+/t35?,36?,40-,42?,44?,45?,46?,52-,53+,60?,61?,71?/m0/s1. The van der Waals surface area contributed by atoms with Crippen LogP contribution in [0, 0.1) is 23.7 Å². The van der Waals surface area contributed by atoms with Crippen LogP contribution in [0.2, 0.25) is 5.02 Å². The van der Waals surface area contributed by atoms with Crippen molar-refractivity contribution in [3.8, 4) is 5.75 Å². The van der Waals surface area contributed by atoms with E-state index in [0.29, 0.717) is 36.1 Å². The summed E-state index contributed by atoms with van der Waals surface area (Å²) in [5.41, 5.74) is 3.74. The van der Waals surface area contributed by atoms with Gasteiger partial charge in [-0.1, -0.05) is 83.8 Å². The number of ether oxygens (including phenoxy) is 5. The number of primary amides is 1. The number of unbranched alkanes of at least 4 members (excludes halogenated alkanes) is 2. The summed E-state index contributed by atoms with van der Waals surface area (Å²) in [5.74, 6) is -6.07. The smallest absolute Gasteiger partial charge is 0.411 e. The first-order valence-electron chi connectivity index (χ1n) is 29.5. The minimum Gasteiger partial charge on any atom is -0.495 e. The number of carbonyl (C=O) groups is 10. The highest BCUT2D eigenvalue weighted by Gasteiger charge is 2.62. The minimum absolute atomic E-state index is 0.0683. The van der Waals surface area contributed by atoms with E-state index < -0.39 is 126 Å². The number of nitrogens with two attached hydrogens (primary N) is 1. The Kier molecular flexibility index (Phi) is 23.9. The number of rotatable bonds is 22. The van der Waals surface area contributed by atoms with Gasteiger partial charge in [-0.05, 0) is 80.3 Å². The molecule has 482 valence electrons. The highest BCUT2D eigenvalue weighted by atomic mass is 35.5. The summed E-state index contributed by atoms with van der Waals surface area (Å²) < 4.78 is 28.9. The van der Waals surface area contributed by atoms with Gasteiger partial charge in [-0.2, -0.15) is 0 Å². The Morgan fingerprint density at radius 2 is 1.59 bits per heavy atom. The molecule has 88 heavy (non-hydrogen) atoms. The van der Waals surface area contributed by atoms with Crippen molar-refractivity contribution >= 4 is 82.6 Å². The fraction of sp³-hybridized carbons (Fsp3) is 0.574. The number of esters is 1. The topological polar surface area (TPSA) is 353 Å². The predicted molar refractivity (Wildman–Crippen MR) is 321 cm³/mol. The Bertz CT molecular complexity index is 2960. The van der Waals surface area contributed by atoms with Crippen LogP contribution < -0.4 is 42.0 Å². The van der Waals surface area contributed by atoms with Crippen molar-refractivity contribution in [3.05, 3.63) is 76.9 Å². The van der Waals surface area contributed by atoms with Gasteiger partial charge in [-0.25, -0.2) is 14.4 Å². The van der Waals surface area contributed by atoms with E-state index in [-0.39, 0.29) is 86.0 Å². The number of amides is 10. The van der Waals surface area contributed by atoms with Gasteiger partial charge in [0.05, 0.1) is 42.8 Å². The zero-order valence-corrected chi connectivity index (χ0v) is 52.2. The molecular weight excluding hydrogens is 1170 g/mol. The van der Waals surface area contributed by atoms with Crippen LogP contribution in [0.15, 0.2) is 60.7 Å². The number of fused-ring (bicyclic) bond motifs is 5. The number of urea groups is 1. The molecule has 0 aliphatic carbocycles. The number of anilines is 2. The van der Waals surface area contributed by atoms with Crippen molar-refractivity contribution in [2.75, 3.05) is 44.6 Å². The molecule has 4 heterocycles. The van der Waals surface area contributed by atoms with E-state index >= 15 is 0 Å². The monoisotopic (exact) mass is 1250 g/mol. The van der Waals surface area contributed by atoms with Gasteiger partial charge in [0.15, 0.2) is 5.72 Å². The number of hydrogen-bond donors (Lipinski definition) is 8. The molecule has 4 aliphatic heterocycles. The van der Waals surface area contributed by atoms with Gasteiger partial charge in [-0.3, -0.25) is 48.7 Å². The highest BCUT2D eigenvalue weighted by Crippen LogP contribution is 2.48. The van der Waals surface area contributed by atoms with Crippen LogP contribution >= 0.6 is 11.6 Å². The molecule has 2 aromatic carbocycles. The van der Waals surface area contributed by atoms with Gasteiger partial charge in [0.1, 0.15) is 47.8 Å². The summed E-state index contributed by atoms with van der Waals surface area (Å²) in [4.78, 5) is 135. The molecule has 0 aromatic heterocycles. The lowest BCUT2D eigenvalue weighted by molar-refractivity contribution is -0.165. The van der Waals surface area contributed by atoms with Gasteiger partial charge in [-0.15, -0.1) is 0 Å². The summed E-state index contributed by atoms with van der Waals surface area (Å²) in [6, 6.07) is 6.08. The largest absolute Gasteiger partial charge is 0.495 e. The first kappa shape index (κ1) is 69.3. The summed E-state index contributed by atoms with van der Waals surface area (Å²) in [6.45, 7) is 11.9. The average Bonchev–Trinajstić information content (AvgIpc) is 1.56. The fourth-order valence-corrected chi connectivity index (χ4v) is 11.3. The summed E-state index contributed by atoms with van der Waals surface area (Å²) in [7, 11) is 4.23. The molecule has 0 radical (unpaired) electrons. The Hall–Kier alpha value is -7.81. The van der Waals surface area contributed by atoms with Crippen LogP contribution in [0.1, 0.15) is 111 Å². The van der Waals surface area contributed by atoms with Crippen LogP contribution in [-0.4, -0.2) is 168 Å². The van der Waals surface area contributed by atoms with Gasteiger partial charge in [0.25, 0.3) is 11.8 Å². The molecular formula is C61H84ClN9O17. The van der Waals surface area contributed by atoms with E-state index in [1.54, 1.807) is 90.9 Å². The Balaban J connectivity index is 1.18. The Morgan fingerprint density at radius 1 is 0.909 bits per heavy atom. The minimum atomic E-state index is -2.10. The SMILES string of the molecule is COc1cc2cc(c1Cl)N(C)C(=O)CC(OC(=O)C(C)C)C(C)[C@@H](O)C(C)C1CC(O)(NC(=O)O1)C(OC)/C=C/C1N(C(=O)OCc3ccc(NC(=O)[C@H](CCCNC(N)=O)NC(=O)[C@@H](NC(=O)CCCCCN4C(=O)C=CC4=O)C(C)C)cc3)C1(C)C2. The van der Waals surface area contributed by atoms with Crippen molar-refractivity contribution in [2.45, 2.75) is 167 Å². The lowest BCUT2D eigenvalue weighted by atomic mass is 9.81. The zero-order valence-electron chi connectivity index (χ0n) is 51.4. The third kappa shape index (κ3) is 17.5. The number of carbonyl (C=O) groups excluding carboxylic acids is 10. The number of imide groups is 1. The molecule has 0 saturated carbocycles.